The van der Waals surface area contributed by atoms with Crippen LogP contribution in [0, 0.1) is 0 Å². The van der Waals surface area contributed by atoms with Gasteiger partial charge in [0.2, 0.25) is 0 Å². The number of nitrogens with zero attached hydrogens (tertiary/aromatic N) is 3. The van der Waals surface area contributed by atoms with E-state index >= 15 is 0 Å². The average Bonchev–Trinajstić information content (AvgIpc) is 2.97. The summed E-state index contributed by atoms with van der Waals surface area (Å²) in [6.07, 6.45) is 0.420. The van der Waals surface area contributed by atoms with Crippen molar-refractivity contribution in [2.45, 2.75) is 26.1 Å². The van der Waals surface area contributed by atoms with Gasteiger partial charge < -0.3 is 9.64 Å². The minimum Gasteiger partial charge on any atom is -0.372 e. The number of ether oxygens (including phenoxy) is 1. The Morgan fingerprint density at radius 2 is 1.96 bits per heavy atom. The highest BCUT2D eigenvalue weighted by atomic mass is 35.5. The van der Waals surface area contributed by atoms with Crippen LogP contribution in [0.15, 0.2) is 36.4 Å². The van der Waals surface area contributed by atoms with Crippen LogP contribution < -0.4 is 4.90 Å². The maximum atomic E-state index is 6.12. The van der Waals surface area contributed by atoms with E-state index in [0.717, 1.165) is 40.4 Å². The quantitative estimate of drug-likeness (QED) is 0.668. The molecule has 2 atom stereocenters. The van der Waals surface area contributed by atoms with Crippen molar-refractivity contribution in [3.05, 3.63) is 41.4 Å². The second kappa shape index (κ2) is 6.31. The molecule has 0 aliphatic carbocycles. The smallest absolute Gasteiger partial charge is 0.138 e. The molecule has 1 fully saturated rings. The molecule has 0 bridgehead atoms. The second-order valence-corrected chi connectivity index (χ2v) is 7.41. The Labute approximate surface area is 150 Å². The summed E-state index contributed by atoms with van der Waals surface area (Å²) in [5.41, 5.74) is 3.83. The number of halogens is 1. The summed E-state index contributed by atoms with van der Waals surface area (Å²) in [4.78, 5) is 7.22. The van der Waals surface area contributed by atoms with Gasteiger partial charge in [-0.1, -0.05) is 23.7 Å². The molecule has 2 aromatic heterocycles. The normalized spacial score (nSPS) is 21.4. The summed E-state index contributed by atoms with van der Waals surface area (Å²) < 4.78 is 10.4. The first kappa shape index (κ1) is 15.8. The standard InChI is InChI=1S/C18H18ClN3OS/c1-11-9-22(10-12(2)23-11)18-17-16(21-24-18)7-6-15(20-17)13-4-3-5-14(19)8-13/h3-8,11-12H,9-10H2,1-2H3/t11-,12+. The fourth-order valence-electron chi connectivity index (χ4n) is 3.18. The van der Waals surface area contributed by atoms with E-state index in [0.29, 0.717) is 5.02 Å². The van der Waals surface area contributed by atoms with E-state index in [1.807, 2.05) is 36.4 Å². The lowest BCUT2D eigenvalue weighted by Crippen LogP contribution is -2.45. The maximum absolute atomic E-state index is 6.12. The van der Waals surface area contributed by atoms with Gasteiger partial charge in [0.05, 0.1) is 17.9 Å². The van der Waals surface area contributed by atoms with Crippen LogP contribution >= 0.6 is 23.1 Å². The summed E-state index contributed by atoms with van der Waals surface area (Å²) in [6, 6.07) is 11.8. The molecule has 4 nitrogen and oxygen atoms in total. The van der Waals surface area contributed by atoms with Crippen molar-refractivity contribution < 1.29 is 4.74 Å². The number of pyridine rings is 1. The van der Waals surface area contributed by atoms with E-state index in [1.54, 1.807) is 0 Å². The molecule has 1 aromatic carbocycles. The van der Waals surface area contributed by atoms with Gasteiger partial charge in [-0.15, -0.1) is 0 Å². The van der Waals surface area contributed by atoms with Crippen molar-refractivity contribution in [2.24, 2.45) is 0 Å². The fourth-order valence-corrected chi connectivity index (χ4v) is 4.20. The van der Waals surface area contributed by atoms with Gasteiger partial charge >= 0.3 is 0 Å². The number of anilines is 1. The van der Waals surface area contributed by atoms with Crippen LogP contribution in [0.25, 0.3) is 22.3 Å². The molecule has 0 saturated carbocycles. The molecule has 0 amide bonds. The lowest BCUT2D eigenvalue weighted by Gasteiger charge is -2.35. The molecule has 0 radical (unpaired) electrons. The second-order valence-electron chi connectivity index (χ2n) is 6.22. The van der Waals surface area contributed by atoms with Crippen LogP contribution in [0.2, 0.25) is 5.02 Å². The van der Waals surface area contributed by atoms with Crippen molar-refractivity contribution in [3.8, 4) is 11.3 Å². The molecule has 1 saturated heterocycles. The van der Waals surface area contributed by atoms with Crippen LogP contribution in [0.5, 0.6) is 0 Å². The predicted molar refractivity (Wildman–Crippen MR) is 100 cm³/mol. The number of hydrogen-bond acceptors (Lipinski definition) is 5. The third-order valence-electron chi connectivity index (χ3n) is 4.13. The fraction of sp³-hybridized carbons (Fsp3) is 0.333. The first-order valence-corrected chi connectivity index (χ1v) is 9.18. The summed E-state index contributed by atoms with van der Waals surface area (Å²) in [5.74, 6) is 0. The molecule has 24 heavy (non-hydrogen) atoms. The number of rotatable bonds is 2. The van der Waals surface area contributed by atoms with Crippen molar-refractivity contribution in [1.82, 2.24) is 9.36 Å². The predicted octanol–water partition coefficient (Wildman–Crippen LogP) is 4.63. The Kier molecular flexibility index (Phi) is 4.16. The van der Waals surface area contributed by atoms with Gasteiger partial charge in [-0.2, -0.15) is 4.37 Å². The van der Waals surface area contributed by atoms with Crippen LogP contribution in [0.3, 0.4) is 0 Å². The molecule has 1 aliphatic heterocycles. The van der Waals surface area contributed by atoms with E-state index in [1.165, 1.54) is 11.5 Å². The number of morpholine rings is 1. The van der Waals surface area contributed by atoms with Crippen LogP contribution in [0.1, 0.15) is 13.8 Å². The van der Waals surface area contributed by atoms with Crippen LogP contribution in [-0.2, 0) is 4.74 Å². The van der Waals surface area contributed by atoms with Gasteiger partial charge in [0.15, 0.2) is 0 Å². The highest BCUT2D eigenvalue weighted by Gasteiger charge is 2.25. The molecule has 3 heterocycles. The Bertz CT molecular complexity index is 872. The molecule has 1 aliphatic rings. The molecule has 0 unspecified atom stereocenters. The first-order chi connectivity index (χ1) is 11.6. The molecule has 6 heteroatoms. The minimum atomic E-state index is 0.210. The van der Waals surface area contributed by atoms with Crippen molar-refractivity contribution in [2.75, 3.05) is 18.0 Å². The zero-order chi connectivity index (χ0) is 16.7. The highest BCUT2D eigenvalue weighted by Crippen LogP contribution is 2.33. The number of aromatic nitrogens is 2. The van der Waals surface area contributed by atoms with E-state index in [2.05, 4.69) is 23.1 Å². The molecular weight excluding hydrogens is 342 g/mol. The zero-order valence-electron chi connectivity index (χ0n) is 13.6. The Hall–Kier alpha value is -1.69. The molecular formula is C18H18ClN3OS. The Balaban J connectivity index is 1.76. The average molecular weight is 360 g/mol. The molecule has 4 rings (SSSR count). The van der Waals surface area contributed by atoms with E-state index in [9.17, 15) is 0 Å². The third kappa shape index (κ3) is 2.99. The maximum Gasteiger partial charge on any atom is 0.138 e. The van der Waals surface area contributed by atoms with Crippen molar-refractivity contribution in [3.63, 3.8) is 0 Å². The lowest BCUT2D eigenvalue weighted by molar-refractivity contribution is -0.00494. The van der Waals surface area contributed by atoms with Gasteiger partial charge in [-0.05, 0) is 49.6 Å². The van der Waals surface area contributed by atoms with Gasteiger partial charge in [0.1, 0.15) is 16.0 Å². The summed E-state index contributed by atoms with van der Waals surface area (Å²) in [6.45, 7) is 5.95. The van der Waals surface area contributed by atoms with Crippen LogP contribution in [0.4, 0.5) is 5.00 Å². The number of benzene rings is 1. The summed E-state index contributed by atoms with van der Waals surface area (Å²) in [5, 5.41) is 1.84. The Morgan fingerprint density at radius 1 is 1.17 bits per heavy atom. The first-order valence-electron chi connectivity index (χ1n) is 8.03. The van der Waals surface area contributed by atoms with Gasteiger partial charge in [0.25, 0.3) is 0 Å². The van der Waals surface area contributed by atoms with Gasteiger partial charge in [0, 0.05) is 23.7 Å². The topological polar surface area (TPSA) is 38.2 Å². The van der Waals surface area contributed by atoms with Crippen molar-refractivity contribution in [1.29, 1.82) is 0 Å². The van der Waals surface area contributed by atoms with E-state index < -0.39 is 0 Å². The molecule has 0 spiro atoms. The van der Waals surface area contributed by atoms with Crippen LogP contribution in [-0.4, -0.2) is 34.7 Å². The highest BCUT2D eigenvalue weighted by molar-refractivity contribution is 7.11. The zero-order valence-corrected chi connectivity index (χ0v) is 15.1. The van der Waals surface area contributed by atoms with E-state index in [-0.39, 0.29) is 12.2 Å². The number of fused-ring (bicyclic) bond motifs is 1. The van der Waals surface area contributed by atoms with Gasteiger partial charge in [-0.3, -0.25) is 0 Å². The summed E-state index contributed by atoms with van der Waals surface area (Å²) >= 11 is 7.63. The molecule has 0 N–H and O–H groups in total. The molecule has 124 valence electrons. The largest absolute Gasteiger partial charge is 0.372 e. The monoisotopic (exact) mass is 359 g/mol. The van der Waals surface area contributed by atoms with E-state index in [4.69, 9.17) is 21.3 Å². The summed E-state index contributed by atoms with van der Waals surface area (Å²) in [7, 11) is 0. The third-order valence-corrected chi connectivity index (χ3v) is 5.28. The van der Waals surface area contributed by atoms with Crippen molar-refractivity contribution >= 4 is 39.2 Å². The Morgan fingerprint density at radius 3 is 2.71 bits per heavy atom. The van der Waals surface area contributed by atoms with Gasteiger partial charge in [-0.25, -0.2) is 4.98 Å². The lowest BCUT2D eigenvalue weighted by atomic mass is 10.1. The number of hydrogen-bond donors (Lipinski definition) is 0. The minimum absolute atomic E-state index is 0.210. The SMILES string of the molecule is C[C@@H]1CN(c2snc3ccc(-c4cccc(Cl)c4)nc23)C[C@H](C)O1. The molecule has 3 aromatic rings.